The van der Waals surface area contributed by atoms with Crippen LogP contribution in [0.2, 0.25) is 0 Å². The molecule has 2 N–H and O–H groups in total. The Balaban J connectivity index is 1.91. The van der Waals surface area contributed by atoms with Gasteiger partial charge in [-0.05, 0) is 37.5 Å². The Morgan fingerprint density at radius 2 is 2.14 bits per heavy atom. The first-order valence-electron chi connectivity index (χ1n) is 8.27. The molecule has 2 unspecified atom stereocenters. The molecule has 1 aromatic carbocycles. The molecule has 1 aliphatic rings. The second-order valence-electron chi connectivity index (χ2n) is 6.44. The van der Waals surface area contributed by atoms with Crippen LogP contribution in [0.5, 0.6) is 11.5 Å². The van der Waals surface area contributed by atoms with Crippen molar-refractivity contribution in [1.82, 2.24) is 5.32 Å². The zero-order chi connectivity index (χ0) is 16.0. The molecule has 0 radical (unpaired) electrons. The maximum absolute atomic E-state index is 10.2. The summed E-state index contributed by atoms with van der Waals surface area (Å²) in [4.78, 5) is 0. The van der Waals surface area contributed by atoms with Gasteiger partial charge in [0.15, 0.2) is 11.5 Å². The number of benzene rings is 1. The molecular formula is C18H29NO3. The van der Waals surface area contributed by atoms with Gasteiger partial charge in [-0.3, -0.25) is 0 Å². The smallest absolute Gasteiger partial charge is 0.161 e. The van der Waals surface area contributed by atoms with Crippen molar-refractivity contribution in [2.45, 2.75) is 52.2 Å². The maximum atomic E-state index is 10.2. The average molecular weight is 307 g/mol. The van der Waals surface area contributed by atoms with Gasteiger partial charge in [-0.1, -0.05) is 25.8 Å². The van der Waals surface area contributed by atoms with Crippen LogP contribution in [0, 0.1) is 5.41 Å². The highest BCUT2D eigenvalue weighted by atomic mass is 16.5. The van der Waals surface area contributed by atoms with E-state index in [-0.39, 0.29) is 11.5 Å². The molecule has 0 bridgehead atoms. The number of rotatable bonds is 7. The normalized spacial score (nSPS) is 25.0. The van der Waals surface area contributed by atoms with Crippen LogP contribution in [0.1, 0.15) is 45.1 Å². The van der Waals surface area contributed by atoms with Crippen molar-refractivity contribution < 1.29 is 14.6 Å². The Bertz CT molecular complexity index is 477. The van der Waals surface area contributed by atoms with Gasteiger partial charge in [-0.15, -0.1) is 0 Å². The van der Waals surface area contributed by atoms with Crippen molar-refractivity contribution in [2.75, 3.05) is 20.3 Å². The van der Waals surface area contributed by atoms with Crippen LogP contribution in [0.4, 0.5) is 0 Å². The predicted octanol–water partition coefficient (Wildman–Crippen LogP) is 3.12. The van der Waals surface area contributed by atoms with Gasteiger partial charge in [-0.2, -0.15) is 0 Å². The van der Waals surface area contributed by atoms with Crippen LogP contribution in [0.15, 0.2) is 18.2 Å². The Hall–Kier alpha value is -1.26. The highest BCUT2D eigenvalue weighted by Crippen LogP contribution is 2.35. The van der Waals surface area contributed by atoms with Gasteiger partial charge in [0.25, 0.3) is 0 Å². The van der Waals surface area contributed by atoms with Gasteiger partial charge >= 0.3 is 0 Å². The van der Waals surface area contributed by atoms with Crippen molar-refractivity contribution in [3.63, 3.8) is 0 Å². The van der Waals surface area contributed by atoms with E-state index in [1.807, 2.05) is 19.1 Å². The standard InChI is InChI=1S/C18H29NO3/c1-4-22-15-9-8-14(11-16(15)21-3)12-19-13-18(2)10-6-5-7-17(18)20/h8-9,11,17,19-20H,4-7,10,12-13H2,1-3H3. The minimum atomic E-state index is -0.191. The highest BCUT2D eigenvalue weighted by Gasteiger charge is 2.34. The predicted molar refractivity (Wildman–Crippen MR) is 88.5 cm³/mol. The molecule has 1 aromatic rings. The minimum Gasteiger partial charge on any atom is -0.493 e. The lowest BCUT2D eigenvalue weighted by Gasteiger charge is -2.38. The highest BCUT2D eigenvalue weighted by molar-refractivity contribution is 5.42. The molecule has 0 aliphatic heterocycles. The molecule has 2 atom stereocenters. The Kier molecular flexibility index (Phi) is 6.09. The van der Waals surface area contributed by atoms with Gasteiger partial charge in [0.1, 0.15) is 0 Å². The van der Waals surface area contributed by atoms with Crippen molar-refractivity contribution in [3.8, 4) is 11.5 Å². The van der Waals surface area contributed by atoms with Crippen LogP contribution >= 0.6 is 0 Å². The van der Waals surface area contributed by atoms with Gasteiger partial charge in [-0.25, -0.2) is 0 Å². The lowest BCUT2D eigenvalue weighted by atomic mass is 9.73. The van der Waals surface area contributed by atoms with Crippen molar-refractivity contribution >= 4 is 0 Å². The molecule has 124 valence electrons. The van der Waals surface area contributed by atoms with E-state index in [1.54, 1.807) is 7.11 Å². The van der Waals surface area contributed by atoms with E-state index in [2.05, 4.69) is 18.3 Å². The van der Waals surface area contributed by atoms with Gasteiger partial charge in [0.05, 0.1) is 19.8 Å². The third-order valence-electron chi connectivity index (χ3n) is 4.67. The molecule has 4 heteroatoms. The number of hydrogen-bond acceptors (Lipinski definition) is 4. The quantitative estimate of drug-likeness (QED) is 0.812. The van der Waals surface area contributed by atoms with E-state index >= 15 is 0 Å². The lowest BCUT2D eigenvalue weighted by Crippen LogP contribution is -2.43. The van der Waals surface area contributed by atoms with Crippen LogP contribution in [-0.4, -0.2) is 31.5 Å². The Morgan fingerprint density at radius 1 is 1.32 bits per heavy atom. The summed E-state index contributed by atoms with van der Waals surface area (Å²) in [7, 11) is 1.66. The number of nitrogens with one attached hydrogen (secondary N) is 1. The number of aliphatic hydroxyl groups excluding tert-OH is 1. The average Bonchev–Trinajstić information content (AvgIpc) is 2.52. The Labute approximate surface area is 133 Å². The van der Waals surface area contributed by atoms with Crippen LogP contribution in [-0.2, 0) is 6.54 Å². The molecule has 4 nitrogen and oxygen atoms in total. The van der Waals surface area contributed by atoms with E-state index < -0.39 is 0 Å². The largest absolute Gasteiger partial charge is 0.493 e. The molecule has 1 saturated carbocycles. The lowest BCUT2D eigenvalue weighted by molar-refractivity contribution is 0.00115. The fourth-order valence-electron chi connectivity index (χ4n) is 3.18. The second kappa shape index (κ2) is 7.84. The van der Waals surface area contributed by atoms with Gasteiger partial charge < -0.3 is 19.9 Å². The van der Waals surface area contributed by atoms with E-state index in [4.69, 9.17) is 9.47 Å². The first-order chi connectivity index (χ1) is 10.6. The third kappa shape index (κ3) is 4.14. The summed E-state index contributed by atoms with van der Waals surface area (Å²) in [5, 5.41) is 13.7. The fraction of sp³-hybridized carbons (Fsp3) is 0.667. The maximum Gasteiger partial charge on any atom is 0.161 e. The van der Waals surface area contributed by atoms with E-state index in [0.717, 1.165) is 49.4 Å². The van der Waals surface area contributed by atoms with Crippen molar-refractivity contribution in [2.24, 2.45) is 5.41 Å². The zero-order valence-corrected chi connectivity index (χ0v) is 14.0. The first-order valence-corrected chi connectivity index (χ1v) is 8.27. The third-order valence-corrected chi connectivity index (χ3v) is 4.67. The Morgan fingerprint density at radius 3 is 2.82 bits per heavy atom. The molecule has 2 rings (SSSR count). The molecule has 0 amide bonds. The summed E-state index contributed by atoms with van der Waals surface area (Å²) < 4.78 is 10.9. The second-order valence-corrected chi connectivity index (χ2v) is 6.44. The van der Waals surface area contributed by atoms with Gasteiger partial charge in [0, 0.05) is 18.5 Å². The summed E-state index contributed by atoms with van der Waals surface area (Å²) in [6.45, 7) is 6.38. The molecule has 1 aliphatic carbocycles. The number of aliphatic hydroxyl groups is 1. The molecule has 0 spiro atoms. The summed E-state index contributed by atoms with van der Waals surface area (Å²) >= 11 is 0. The summed E-state index contributed by atoms with van der Waals surface area (Å²) in [6.07, 6.45) is 4.19. The number of hydrogen-bond donors (Lipinski definition) is 2. The molecule has 1 fully saturated rings. The first kappa shape index (κ1) is 17.1. The van der Waals surface area contributed by atoms with E-state index in [9.17, 15) is 5.11 Å². The molecule has 0 aromatic heterocycles. The van der Waals surface area contributed by atoms with E-state index in [0.29, 0.717) is 6.61 Å². The van der Waals surface area contributed by atoms with E-state index in [1.165, 1.54) is 6.42 Å². The monoisotopic (exact) mass is 307 g/mol. The zero-order valence-electron chi connectivity index (χ0n) is 14.0. The van der Waals surface area contributed by atoms with Crippen molar-refractivity contribution in [3.05, 3.63) is 23.8 Å². The number of methoxy groups -OCH3 is 1. The van der Waals surface area contributed by atoms with Crippen molar-refractivity contribution in [1.29, 1.82) is 0 Å². The van der Waals surface area contributed by atoms with Crippen LogP contribution < -0.4 is 14.8 Å². The van der Waals surface area contributed by atoms with Crippen LogP contribution in [0.25, 0.3) is 0 Å². The number of ether oxygens (including phenoxy) is 2. The molecular weight excluding hydrogens is 278 g/mol. The fourth-order valence-corrected chi connectivity index (χ4v) is 3.18. The topological polar surface area (TPSA) is 50.7 Å². The summed E-state index contributed by atoms with van der Waals surface area (Å²) in [6, 6.07) is 6.02. The summed E-state index contributed by atoms with van der Waals surface area (Å²) in [5.74, 6) is 1.55. The molecule has 0 heterocycles. The SMILES string of the molecule is CCOc1ccc(CNCC2(C)CCCCC2O)cc1OC. The van der Waals surface area contributed by atoms with Gasteiger partial charge in [0.2, 0.25) is 0 Å². The summed E-state index contributed by atoms with van der Waals surface area (Å²) in [5.41, 5.74) is 1.15. The molecule has 22 heavy (non-hydrogen) atoms. The van der Waals surface area contributed by atoms with Crippen LogP contribution in [0.3, 0.4) is 0 Å². The molecule has 0 saturated heterocycles. The minimum absolute atomic E-state index is 0.00635.